The lowest BCUT2D eigenvalue weighted by Crippen LogP contribution is -2.06. The Morgan fingerprint density at radius 2 is 1.91 bits per heavy atom. The Labute approximate surface area is 204 Å². The third-order valence-electron chi connectivity index (χ3n) is 4.79. The highest BCUT2D eigenvalue weighted by Crippen LogP contribution is 2.31. The summed E-state index contributed by atoms with van der Waals surface area (Å²) in [5.41, 5.74) is 1.46. The number of aliphatic imine (C=N–C) groups is 1. The van der Waals surface area contributed by atoms with Crippen molar-refractivity contribution in [3.8, 4) is 11.5 Å². The van der Waals surface area contributed by atoms with Crippen LogP contribution in [0.25, 0.3) is 6.08 Å². The van der Waals surface area contributed by atoms with Crippen LogP contribution < -0.4 is 9.47 Å². The predicted octanol–water partition coefficient (Wildman–Crippen LogP) is 5.83. The molecule has 1 heterocycles. The molecule has 1 aliphatic rings. The molecule has 0 saturated carbocycles. The van der Waals surface area contributed by atoms with Crippen LogP contribution in [-0.4, -0.2) is 23.9 Å². The van der Waals surface area contributed by atoms with Crippen LogP contribution in [-0.2, 0) is 16.1 Å². The second-order valence-corrected chi connectivity index (χ2v) is 7.93. The van der Waals surface area contributed by atoms with Crippen molar-refractivity contribution in [2.75, 3.05) is 7.11 Å². The molecule has 4 rings (SSSR count). The quantitative estimate of drug-likeness (QED) is 0.175. The van der Waals surface area contributed by atoms with Gasteiger partial charge in [0.05, 0.1) is 22.6 Å². The Bertz CT molecular complexity index is 1350. The zero-order chi connectivity index (χ0) is 24.2. The number of hydrogen-bond donors (Lipinski definition) is 0. The molecule has 3 aromatic rings. The van der Waals surface area contributed by atoms with Gasteiger partial charge in [0.1, 0.15) is 6.61 Å². The molecule has 1 aliphatic heterocycles. The van der Waals surface area contributed by atoms with Crippen LogP contribution >= 0.6 is 23.2 Å². The molecular weight excluding hydrogens is 483 g/mol. The number of rotatable bonds is 7. The zero-order valence-electron chi connectivity index (χ0n) is 17.7. The number of hydrogen-bond acceptors (Lipinski definition) is 7. The summed E-state index contributed by atoms with van der Waals surface area (Å²) >= 11 is 12.1. The Hall–Kier alpha value is -3.88. The third-order valence-corrected chi connectivity index (χ3v) is 5.35. The molecule has 34 heavy (non-hydrogen) atoms. The molecule has 0 fully saturated rings. The lowest BCUT2D eigenvalue weighted by atomic mass is 10.1. The van der Waals surface area contributed by atoms with Crippen LogP contribution in [0.4, 0.5) is 5.69 Å². The molecule has 3 aromatic carbocycles. The molecule has 0 amide bonds. The van der Waals surface area contributed by atoms with Crippen LogP contribution in [0.2, 0.25) is 10.0 Å². The van der Waals surface area contributed by atoms with Gasteiger partial charge in [0.25, 0.3) is 5.69 Å². The summed E-state index contributed by atoms with van der Waals surface area (Å²) in [7, 11) is 1.50. The Morgan fingerprint density at radius 1 is 1.09 bits per heavy atom. The maximum absolute atomic E-state index is 12.4. The van der Waals surface area contributed by atoms with E-state index in [4.69, 9.17) is 37.4 Å². The van der Waals surface area contributed by atoms with Gasteiger partial charge in [-0.25, -0.2) is 9.79 Å². The fourth-order valence-corrected chi connectivity index (χ4v) is 3.57. The monoisotopic (exact) mass is 498 g/mol. The number of esters is 1. The third kappa shape index (κ3) is 5.19. The van der Waals surface area contributed by atoms with Crippen LogP contribution in [0, 0.1) is 10.1 Å². The average Bonchev–Trinajstić information content (AvgIpc) is 3.18. The summed E-state index contributed by atoms with van der Waals surface area (Å²) in [5, 5.41) is 11.8. The summed E-state index contributed by atoms with van der Waals surface area (Å²) in [6.07, 6.45) is 1.50. The van der Waals surface area contributed by atoms with Crippen molar-refractivity contribution in [3.63, 3.8) is 0 Å². The first-order valence-corrected chi connectivity index (χ1v) is 10.6. The largest absolute Gasteiger partial charge is 0.493 e. The van der Waals surface area contributed by atoms with Crippen LogP contribution in [0.15, 0.2) is 71.4 Å². The zero-order valence-corrected chi connectivity index (χ0v) is 19.2. The van der Waals surface area contributed by atoms with Crippen molar-refractivity contribution < 1.29 is 23.9 Å². The molecule has 0 bridgehead atoms. The van der Waals surface area contributed by atoms with Crippen LogP contribution in [0.5, 0.6) is 11.5 Å². The smallest absolute Gasteiger partial charge is 0.363 e. The van der Waals surface area contributed by atoms with Gasteiger partial charge in [-0.15, -0.1) is 0 Å². The number of nitro benzene ring substituents is 1. The maximum Gasteiger partial charge on any atom is 0.363 e. The number of halogens is 2. The minimum absolute atomic E-state index is 0.00669. The number of carbonyl (C=O) groups excluding carboxylic acids is 1. The van der Waals surface area contributed by atoms with Gasteiger partial charge in [-0.3, -0.25) is 10.1 Å². The van der Waals surface area contributed by atoms with Crippen molar-refractivity contribution >= 4 is 46.8 Å². The molecule has 0 saturated heterocycles. The number of methoxy groups -OCH3 is 1. The van der Waals surface area contributed by atoms with Crippen molar-refractivity contribution in [2.24, 2.45) is 4.99 Å². The topological polar surface area (TPSA) is 100 Å². The molecule has 172 valence electrons. The maximum atomic E-state index is 12.4. The van der Waals surface area contributed by atoms with Crippen molar-refractivity contribution in [1.82, 2.24) is 0 Å². The molecule has 0 aromatic heterocycles. The molecule has 0 unspecified atom stereocenters. The highest BCUT2D eigenvalue weighted by atomic mass is 35.5. The van der Waals surface area contributed by atoms with E-state index >= 15 is 0 Å². The average molecular weight is 499 g/mol. The molecule has 0 N–H and O–H groups in total. The normalized spacial score (nSPS) is 14.0. The fraction of sp³-hybridized carbons (Fsp3) is 0.0833. The Balaban J connectivity index is 1.57. The molecule has 0 spiro atoms. The van der Waals surface area contributed by atoms with E-state index in [0.717, 1.165) is 5.56 Å². The van der Waals surface area contributed by atoms with Crippen LogP contribution in [0.3, 0.4) is 0 Å². The number of nitro groups is 1. The molecule has 8 nitrogen and oxygen atoms in total. The van der Waals surface area contributed by atoms with Gasteiger partial charge in [-0.2, -0.15) is 0 Å². The van der Waals surface area contributed by atoms with Gasteiger partial charge in [0, 0.05) is 17.2 Å². The SMILES string of the molecule is COc1cc(/C=C2\N=C(c3cc([N+](=O)[O-])ccc3Cl)OC2=O)ccc1OCc1cccc(Cl)c1. The van der Waals surface area contributed by atoms with Gasteiger partial charge >= 0.3 is 5.97 Å². The van der Waals surface area contributed by atoms with E-state index in [9.17, 15) is 14.9 Å². The van der Waals surface area contributed by atoms with Gasteiger partial charge < -0.3 is 14.2 Å². The predicted molar refractivity (Wildman–Crippen MR) is 127 cm³/mol. The summed E-state index contributed by atoms with van der Waals surface area (Å²) < 4.78 is 16.5. The number of cyclic esters (lactones) is 1. The Kier molecular flexibility index (Phi) is 6.81. The number of nitrogens with zero attached hydrogens (tertiary/aromatic N) is 2. The molecule has 0 radical (unpaired) electrons. The number of benzene rings is 3. The molecule has 10 heteroatoms. The fourth-order valence-electron chi connectivity index (χ4n) is 3.15. The lowest BCUT2D eigenvalue weighted by Gasteiger charge is -2.11. The van der Waals surface area contributed by atoms with Crippen LogP contribution in [0.1, 0.15) is 16.7 Å². The van der Waals surface area contributed by atoms with Gasteiger partial charge in [-0.1, -0.05) is 41.4 Å². The first-order valence-electron chi connectivity index (χ1n) is 9.86. The van der Waals surface area contributed by atoms with E-state index in [1.54, 1.807) is 24.3 Å². The second kappa shape index (κ2) is 9.94. The minimum Gasteiger partial charge on any atom is -0.493 e. The summed E-state index contributed by atoms with van der Waals surface area (Å²) in [6, 6.07) is 16.2. The second-order valence-electron chi connectivity index (χ2n) is 7.09. The highest BCUT2D eigenvalue weighted by Gasteiger charge is 2.27. The van der Waals surface area contributed by atoms with E-state index in [0.29, 0.717) is 28.7 Å². The molecule has 0 aliphatic carbocycles. The summed E-state index contributed by atoms with van der Waals surface area (Å²) in [4.78, 5) is 27.0. The van der Waals surface area contributed by atoms with Gasteiger partial charge in [-0.05, 0) is 47.5 Å². The number of carbonyl (C=O) groups is 1. The van der Waals surface area contributed by atoms with Crippen molar-refractivity contribution in [1.29, 1.82) is 0 Å². The standard InChI is InChI=1S/C24H16Cl2N2O6/c1-32-22-11-14(5-8-21(22)33-13-15-3-2-4-16(25)9-15)10-20-24(29)34-23(27-20)18-12-17(28(30)31)6-7-19(18)26/h2-12H,13H2,1H3/b20-10-. The van der Waals surface area contributed by atoms with E-state index in [-0.39, 0.29) is 27.9 Å². The lowest BCUT2D eigenvalue weighted by molar-refractivity contribution is -0.384. The van der Waals surface area contributed by atoms with Gasteiger partial charge in [0.2, 0.25) is 5.90 Å². The van der Waals surface area contributed by atoms with E-state index in [1.807, 2.05) is 18.2 Å². The summed E-state index contributed by atoms with van der Waals surface area (Å²) in [5.74, 6) is 0.135. The molecule has 0 atom stereocenters. The highest BCUT2D eigenvalue weighted by molar-refractivity contribution is 6.34. The Morgan fingerprint density at radius 3 is 2.65 bits per heavy atom. The summed E-state index contributed by atoms with van der Waals surface area (Å²) in [6.45, 7) is 0.293. The van der Waals surface area contributed by atoms with E-state index < -0.39 is 10.9 Å². The minimum atomic E-state index is -0.710. The number of ether oxygens (including phenoxy) is 3. The number of non-ortho nitro benzene ring substituents is 1. The van der Waals surface area contributed by atoms with E-state index in [1.165, 1.54) is 31.4 Å². The van der Waals surface area contributed by atoms with Crippen molar-refractivity contribution in [3.05, 3.63) is 103 Å². The van der Waals surface area contributed by atoms with Gasteiger partial charge in [0.15, 0.2) is 17.2 Å². The first kappa shape index (κ1) is 23.3. The molecular formula is C24H16Cl2N2O6. The van der Waals surface area contributed by atoms with E-state index in [2.05, 4.69) is 4.99 Å². The van der Waals surface area contributed by atoms with Crippen molar-refractivity contribution in [2.45, 2.75) is 6.61 Å². The first-order chi connectivity index (χ1) is 16.3.